The monoisotopic (exact) mass is 282 g/mol. The molecule has 20 heavy (non-hydrogen) atoms. The summed E-state index contributed by atoms with van der Waals surface area (Å²) >= 11 is 0. The first-order valence-corrected chi connectivity index (χ1v) is 5.89. The fourth-order valence-corrected chi connectivity index (χ4v) is 1.58. The number of rotatable bonds is 6. The van der Waals surface area contributed by atoms with Crippen molar-refractivity contribution in [2.24, 2.45) is 0 Å². The first kappa shape index (κ1) is 15.6. The number of urea groups is 1. The molecule has 0 heterocycles. The molecule has 0 radical (unpaired) electrons. The molecule has 7 heteroatoms. The van der Waals surface area contributed by atoms with E-state index in [1.165, 1.54) is 14.2 Å². The molecule has 0 aromatic heterocycles. The zero-order valence-corrected chi connectivity index (χ0v) is 11.7. The first-order valence-electron chi connectivity index (χ1n) is 5.89. The van der Waals surface area contributed by atoms with E-state index in [0.29, 0.717) is 11.5 Å². The number of nitrogens with one attached hydrogen (secondary N) is 1. The standard InChI is InChI=1S/C13H18N2O5/c1-15(8-12(16)17)13(18)14-7-9-4-5-10(19-2)6-11(9)20-3/h4-6H,7-8H2,1-3H3,(H,14,18)(H,16,17). The Bertz CT molecular complexity index is 490. The van der Waals surface area contributed by atoms with Crippen molar-refractivity contribution < 1.29 is 24.2 Å². The molecule has 110 valence electrons. The third kappa shape index (κ3) is 4.34. The molecule has 2 N–H and O–H groups in total. The second-order valence-electron chi connectivity index (χ2n) is 4.09. The number of carbonyl (C=O) groups is 2. The fraction of sp³-hybridized carbons (Fsp3) is 0.385. The molecule has 0 unspecified atom stereocenters. The van der Waals surface area contributed by atoms with Gasteiger partial charge in [0.2, 0.25) is 0 Å². The molecule has 1 rings (SSSR count). The molecule has 7 nitrogen and oxygen atoms in total. The van der Waals surface area contributed by atoms with Gasteiger partial charge in [0.1, 0.15) is 18.0 Å². The van der Waals surface area contributed by atoms with Crippen molar-refractivity contribution in [3.8, 4) is 11.5 Å². The Morgan fingerprint density at radius 2 is 2.00 bits per heavy atom. The van der Waals surface area contributed by atoms with Gasteiger partial charge in [-0.3, -0.25) is 4.79 Å². The predicted octanol–water partition coefficient (Wildman–Crippen LogP) is 0.930. The summed E-state index contributed by atoms with van der Waals surface area (Å²) in [5.41, 5.74) is 0.769. The number of carboxylic acid groups (broad SMARTS) is 1. The Hall–Kier alpha value is -2.44. The van der Waals surface area contributed by atoms with Gasteiger partial charge in [-0.05, 0) is 12.1 Å². The summed E-state index contributed by atoms with van der Waals surface area (Å²) < 4.78 is 10.3. The number of hydrogen-bond acceptors (Lipinski definition) is 4. The van der Waals surface area contributed by atoms with Crippen molar-refractivity contribution in [1.29, 1.82) is 0 Å². The van der Waals surface area contributed by atoms with Gasteiger partial charge >= 0.3 is 12.0 Å². The van der Waals surface area contributed by atoms with Gasteiger partial charge in [0.15, 0.2) is 0 Å². The summed E-state index contributed by atoms with van der Waals surface area (Å²) in [4.78, 5) is 23.2. The van der Waals surface area contributed by atoms with E-state index >= 15 is 0 Å². The van der Waals surface area contributed by atoms with Gasteiger partial charge in [0.25, 0.3) is 0 Å². The first-order chi connectivity index (χ1) is 9.47. The van der Waals surface area contributed by atoms with Crippen LogP contribution in [0.25, 0.3) is 0 Å². The SMILES string of the molecule is COc1ccc(CNC(=O)N(C)CC(=O)O)c(OC)c1. The predicted molar refractivity (Wildman–Crippen MR) is 72.0 cm³/mol. The molecule has 2 amide bonds. The highest BCUT2D eigenvalue weighted by Crippen LogP contribution is 2.24. The minimum atomic E-state index is -1.07. The number of nitrogens with zero attached hydrogens (tertiary/aromatic N) is 1. The van der Waals surface area contributed by atoms with Crippen LogP contribution in [0.15, 0.2) is 18.2 Å². The molecule has 1 aromatic rings. The quantitative estimate of drug-likeness (QED) is 0.810. The van der Waals surface area contributed by atoms with Crippen LogP contribution >= 0.6 is 0 Å². The maximum absolute atomic E-state index is 11.7. The summed E-state index contributed by atoms with van der Waals surface area (Å²) in [6.07, 6.45) is 0. The minimum absolute atomic E-state index is 0.232. The van der Waals surface area contributed by atoms with Crippen LogP contribution in [0.4, 0.5) is 4.79 Å². The minimum Gasteiger partial charge on any atom is -0.497 e. The molecule has 0 atom stereocenters. The fourth-order valence-electron chi connectivity index (χ4n) is 1.58. The van der Waals surface area contributed by atoms with E-state index < -0.39 is 12.0 Å². The number of carbonyl (C=O) groups excluding carboxylic acids is 1. The van der Waals surface area contributed by atoms with Gasteiger partial charge in [0.05, 0.1) is 14.2 Å². The summed E-state index contributed by atoms with van der Waals surface area (Å²) in [5, 5.41) is 11.2. The van der Waals surface area contributed by atoms with Crippen LogP contribution in [-0.4, -0.2) is 49.8 Å². The van der Waals surface area contributed by atoms with E-state index in [0.717, 1.165) is 10.5 Å². The lowest BCUT2D eigenvalue weighted by molar-refractivity contribution is -0.137. The highest BCUT2D eigenvalue weighted by molar-refractivity contribution is 5.79. The van der Waals surface area contributed by atoms with Crippen LogP contribution in [0.3, 0.4) is 0 Å². The maximum Gasteiger partial charge on any atom is 0.323 e. The molecule has 1 aromatic carbocycles. The number of benzene rings is 1. The number of carboxylic acids is 1. The van der Waals surface area contributed by atoms with E-state index in [1.54, 1.807) is 25.3 Å². The van der Waals surface area contributed by atoms with E-state index in [-0.39, 0.29) is 13.1 Å². The van der Waals surface area contributed by atoms with E-state index in [2.05, 4.69) is 5.32 Å². The maximum atomic E-state index is 11.7. The van der Waals surface area contributed by atoms with Crippen LogP contribution < -0.4 is 14.8 Å². The summed E-state index contributed by atoms with van der Waals surface area (Å²) in [6, 6.07) is 4.77. The summed E-state index contributed by atoms with van der Waals surface area (Å²) in [7, 11) is 4.49. The molecule has 0 bridgehead atoms. The average Bonchev–Trinajstić information content (AvgIpc) is 2.43. The second-order valence-corrected chi connectivity index (χ2v) is 4.09. The largest absolute Gasteiger partial charge is 0.497 e. The Morgan fingerprint density at radius 3 is 2.55 bits per heavy atom. The zero-order valence-electron chi connectivity index (χ0n) is 11.7. The molecule has 0 saturated heterocycles. The topological polar surface area (TPSA) is 88.1 Å². The van der Waals surface area contributed by atoms with Gasteiger partial charge < -0.3 is 24.8 Å². The highest BCUT2D eigenvalue weighted by Gasteiger charge is 2.12. The number of ether oxygens (including phenoxy) is 2. The van der Waals surface area contributed by atoms with Crippen molar-refractivity contribution >= 4 is 12.0 Å². The Labute approximate surface area is 117 Å². The molecular formula is C13H18N2O5. The molecule has 0 aliphatic rings. The second kappa shape index (κ2) is 7.22. The molecule has 0 spiro atoms. The molecule has 0 aliphatic heterocycles. The van der Waals surface area contributed by atoms with Gasteiger partial charge in [-0.1, -0.05) is 0 Å². The van der Waals surface area contributed by atoms with Crippen molar-refractivity contribution in [3.63, 3.8) is 0 Å². The van der Waals surface area contributed by atoms with Gasteiger partial charge in [-0.2, -0.15) is 0 Å². The molecule has 0 fully saturated rings. The number of likely N-dealkylation sites (N-methyl/N-ethyl adjacent to an activating group) is 1. The highest BCUT2D eigenvalue weighted by atomic mass is 16.5. The molecule has 0 aliphatic carbocycles. The summed E-state index contributed by atoms with van der Waals surface area (Å²) in [5.74, 6) is 0.176. The number of aliphatic carboxylic acids is 1. The molecular weight excluding hydrogens is 264 g/mol. The van der Waals surface area contributed by atoms with Gasteiger partial charge in [-0.25, -0.2) is 4.79 Å². The lowest BCUT2D eigenvalue weighted by Crippen LogP contribution is -2.39. The third-order valence-electron chi connectivity index (χ3n) is 2.64. The van der Waals surface area contributed by atoms with Crippen LogP contribution in [0.2, 0.25) is 0 Å². The lowest BCUT2D eigenvalue weighted by Gasteiger charge is -2.16. The van der Waals surface area contributed by atoms with Gasteiger partial charge in [0, 0.05) is 25.2 Å². The van der Waals surface area contributed by atoms with Crippen molar-refractivity contribution in [1.82, 2.24) is 10.2 Å². The number of hydrogen-bond donors (Lipinski definition) is 2. The van der Waals surface area contributed by atoms with E-state index in [1.807, 2.05) is 0 Å². The van der Waals surface area contributed by atoms with E-state index in [4.69, 9.17) is 14.6 Å². The third-order valence-corrected chi connectivity index (χ3v) is 2.64. The Kier molecular flexibility index (Phi) is 5.64. The van der Waals surface area contributed by atoms with Crippen molar-refractivity contribution in [3.05, 3.63) is 23.8 Å². The lowest BCUT2D eigenvalue weighted by atomic mass is 10.2. The van der Waals surface area contributed by atoms with Crippen LogP contribution in [0, 0.1) is 0 Å². The van der Waals surface area contributed by atoms with Crippen molar-refractivity contribution in [2.45, 2.75) is 6.54 Å². The zero-order chi connectivity index (χ0) is 15.1. The summed E-state index contributed by atoms with van der Waals surface area (Å²) in [6.45, 7) is -0.123. The van der Waals surface area contributed by atoms with Crippen LogP contribution in [0.1, 0.15) is 5.56 Å². The van der Waals surface area contributed by atoms with Crippen LogP contribution in [0.5, 0.6) is 11.5 Å². The molecule has 0 saturated carbocycles. The smallest absolute Gasteiger partial charge is 0.323 e. The van der Waals surface area contributed by atoms with E-state index in [9.17, 15) is 9.59 Å². The van der Waals surface area contributed by atoms with Crippen LogP contribution in [-0.2, 0) is 11.3 Å². The van der Waals surface area contributed by atoms with Crippen molar-refractivity contribution in [2.75, 3.05) is 27.8 Å². The Balaban J connectivity index is 2.65. The number of methoxy groups -OCH3 is 2. The van der Waals surface area contributed by atoms with Gasteiger partial charge in [-0.15, -0.1) is 0 Å². The number of amides is 2. The Morgan fingerprint density at radius 1 is 1.30 bits per heavy atom. The average molecular weight is 282 g/mol. The normalized spacial score (nSPS) is 9.75.